The van der Waals surface area contributed by atoms with Crippen molar-refractivity contribution in [3.63, 3.8) is 0 Å². The third-order valence-electron chi connectivity index (χ3n) is 5.10. The van der Waals surface area contributed by atoms with Gasteiger partial charge in [-0.05, 0) is 38.2 Å². The summed E-state index contributed by atoms with van der Waals surface area (Å²) in [6.07, 6.45) is 13.0. The number of nitrogens with zero attached hydrogens (tertiary/aromatic N) is 1. The Kier molecular flexibility index (Phi) is 9.60. The second-order valence-corrected chi connectivity index (χ2v) is 7.41. The van der Waals surface area contributed by atoms with Crippen molar-refractivity contribution in [1.82, 2.24) is 10.7 Å². The van der Waals surface area contributed by atoms with Gasteiger partial charge in [0.1, 0.15) is 0 Å². The largest absolute Gasteiger partial charge is 0.341 e. The maximum atomic E-state index is 12.1. The van der Waals surface area contributed by atoms with Crippen LogP contribution >= 0.6 is 0 Å². The summed E-state index contributed by atoms with van der Waals surface area (Å²) < 4.78 is 0. The average Bonchev–Trinajstić information content (AvgIpc) is 2.68. The second kappa shape index (κ2) is 12.3. The molecule has 0 heterocycles. The molecule has 1 aliphatic rings. The predicted molar refractivity (Wildman–Crippen MR) is 109 cm³/mol. The molecule has 1 saturated carbocycles. The first kappa shape index (κ1) is 21.1. The van der Waals surface area contributed by atoms with E-state index in [4.69, 9.17) is 0 Å². The number of carbonyl (C=O) groups excluding carboxylic acids is 2. The Hall–Kier alpha value is -2.17. The van der Waals surface area contributed by atoms with Gasteiger partial charge in [0.05, 0.1) is 6.04 Å². The van der Waals surface area contributed by atoms with Crippen LogP contribution in [0.1, 0.15) is 89.2 Å². The van der Waals surface area contributed by atoms with Crippen LogP contribution in [-0.2, 0) is 9.59 Å². The minimum atomic E-state index is -0.698. The molecular weight excluding hydrogens is 338 g/mol. The molecule has 1 atom stereocenters. The van der Waals surface area contributed by atoms with Gasteiger partial charge in [0.25, 0.3) is 0 Å². The molecule has 0 bridgehead atoms. The van der Waals surface area contributed by atoms with Gasteiger partial charge in [-0.2, -0.15) is 5.10 Å². The number of hydrazone groups is 1. The van der Waals surface area contributed by atoms with Crippen LogP contribution < -0.4 is 10.7 Å². The van der Waals surface area contributed by atoms with E-state index in [0.717, 1.165) is 37.0 Å². The van der Waals surface area contributed by atoms with Gasteiger partial charge < -0.3 is 5.32 Å². The summed E-state index contributed by atoms with van der Waals surface area (Å²) in [5, 5.41) is 6.99. The SMILES string of the molecule is C[C@@H](NC(=O)C(=O)NN=C1CCCCCCCCCCC1)c1ccccc1. The molecule has 0 unspecified atom stereocenters. The quantitative estimate of drug-likeness (QED) is 0.600. The molecule has 0 saturated heterocycles. The summed E-state index contributed by atoms with van der Waals surface area (Å²) in [4.78, 5) is 24.2. The van der Waals surface area contributed by atoms with Gasteiger partial charge in [0.15, 0.2) is 0 Å². The Labute approximate surface area is 163 Å². The minimum absolute atomic E-state index is 0.224. The highest BCUT2D eigenvalue weighted by Gasteiger charge is 2.16. The van der Waals surface area contributed by atoms with E-state index in [-0.39, 0.29) is 6.04 Å². The number of nitrogens with one attached hydrogen (secondary N) is 2. The van der Waals surface area contributed by atoms with Crippen LogP contribution in [0.5, 0.6) is 0 Å². The maximum absolute atomic E-state index is 12.1. The van der Waals surface area contributed by atoms with Crippen molar-refractivity contribution < 1.29 is 9.59 Å². The molecule has 2 amide bonds. The standard InChI is InChI=1S/C22H33N3O2/c1-18(19-14-10-9-11-15-19)23-21(26)22(27)25-24-20-16-12-7-5-3-2-4-6-8-13-17-20/h9-11,14-15,18H,2-8,12-13,16-17H2,1H3,(H,23,26)(H,25,27)/t18-/m1/s1. The number of benzene rings is 1. The van der Waals surface area contributed by atoms with Crippen LogP contribution in [0.3, 0.4) is 0 Å². The molecule has 27 heavy (non-hydrogen) atoms. The smallest absolute Gasteiger partial charge is 0.329 e. The van der Waals surface area contributed by atoms with E-state index in [1.54, 1.807) is 0 Å². The molecule has 0 spiro atoms. The molecule has 0 aromatic heterocycles. The van der Waals surface area contributed by atoms with Gasteiger partial charge in [-0.25, -0.2) is 5.43 Å². The maximum Gasteiger partial charge on any atom is 0.329 e. The topological polar surface area (TPSA) is 70.6 Å². The fourth-order valence-corrected chi connectivity index (χ4v) is 3.40. The van der Waals surface area contributed by atoms with E-state index in [2.05, 4.69) is 15.8 Å². The zero-order valence-corrected chi connectivity index (χ0v) is 16.5. The monoisotopic (exact) mass is 371 g/mol. The van der Waals surface area contributed by atoms with E-state index in [1.807, 2.05) is 37.3 Å². The molecule has 5 heteroatoms. The molecule has 148 valence electrons. The van der Waals surface area contributed by atoms with Crippen LogP contribution in [0.15, 0.2) is 35.4 Å². The van der Waals surface area contributed by atoms with Gasteiger partial charge in [-0.1, -0.05) is 75.3 Å². The van der Waals surface area contributed by atoms with Crippen molar-refractivity contribution >= 4 is 17.5 Å². The lowest BCUT2D eigenvalue weighted by Crippen LogP contribution is -2.39. The van der Waals surface area contributed by atoms with E-state index in [0.29, 0.717) is 0 Å². The average molecular weight is 372 g/mol. The third-order valence-corrected chi connectivity index (χ3v) is 5.10. The number of hydrogen-bond acceptors (Lipinski definition) is 3. The fraction of sp³-hybridized carbons (Fsp3) is 0.591. The highest BCUT2D eigenvalue weighted by Crippen LogP contribution is 2.15. The van der Waals surface area contributed by atoms with Gasteiger partial charge in [-0.15, -0.1) is 0 Å². The molecule has 1 fully saturated rings. The summed E-state index contributed by atoms with van der Waals surface area (Å²) in [5.74, 6) is -1.35. The molecule has 1 aliphatic carbocycles. The van der Waals surface area contributed by atoms with Crippen LogP contribution in [0.2, 0.25) is 0 Å². The van der Waals surface area contributed by atoms with Crippen molar-refractivity contribution in [3.8, 4) is 0 Å². The van der Waals surface area contributed by atoms with Crippen LogP contribution in [0.25, 0.3) is 0 Å². The molecule has 5 nitrogen and oxygen atoms in total. The summed E-state index contributed by atoms with van der Waals surface area (Å²) in [6.45, 7) is 1.86. The van der Waals surface area contributed by atoms with E-state index in [9.17, 15) is 9.59 Å². The van der Waals surface area contributed by atoms with Crippen molar-refractivity contribution in [2.45, 2.75) is 83.6 Å². The third kappa shape index (κ3) is 8.37. The number of carbonyl (C=O) groups is 2. The summed E-state index contributed by atoms with van der Waals surface area (Å²) >= 11 is 0. The predicted octanol–water partition coefficient (Wildman–Crippen LogP) is 4.64. The molecule has 0 radical (unpaired) electrons. The van der Waals surface area contributed by atoms with E-state index in [1.165, 1.54) is 44.9 Å². The molecule has 1 aromatic rings. The summed E-state index contributed by atoms with van der Waals surface area (Å²) in [7, 11) is 0. The molecule has 0 aliphatic heterocycles. The number of amides is 2. The first-order valence-electron chi connectivity index (χ1n) is 10.4. The highest BCUT2D eigenvalue weighted by atomic mass is 16.2. The van der Waals surface area contributed by atoms with Crippen LogP contribution in [-0.4, -0.2) is 17.5 Å². The molecular formula is C22H33N3O2. The van der Waals surface area contributed by atoms with Crippen molar-refractivity contribution in [2.24, 2.45) is 5.10 Å². The first-order chi connectivity index (χ1) is 13.2. The Morgan fingerprint density at radius 3 is 1.89 bits per heavy atom. The normalized spacial score (nSPS) is 17.7. The lowest BCUT2D eigenvalue weighted by Gasteiger charge is -2.13. The van der Waals surface area contributed by atoms with Gasteiger partial charge in [0.2, 0.25) is 0 Å². The van der Waals surface area contributed by atoms with Gasteiger partial charge in [-0.3, -0.25) is 9.59 Å². The van der Waals surface area contributed by atoms with Gasteiger partial charge in [0, 0.05) is 5.71 Å². The molecule has 2 rings (SSSR count). The Balaban J connectivity index is 1.83. The van der Waals surface area contributed by atoms with Gasteiger partial charge >= 0.3 is 11.8 Å². The number of hydrogen-bond donors (Lipinski definition) is 2. The Morgan fingerprint density at radius 1 is 0.815 bits per heavy atom. The zero-order valence-electron chi connectivity index (χ0n) is 16.5. The Morgan fingerprint density at radius 2 is 1.33 bits per heavy atom. The first-order valence-corrected chi connectivity index (χ1v) is 10.4. The Bertz CT molecular complexity index is 599. The lowest BCUT2D eigenvalue weighted by molar-refractivity contribution is -0.139. The number of rotatable bonds is 3. The van der Waals surface area contributed by atoms with Crippen molar-refractivity contribution in [3.05, 3.63) is 35.9 Å². The van der Waals surface area contributed by atoms with Crippen LogP contribution in [0.4, 0.5) is 0 Å². The zero-order chi connectivity index (χ0) is 19.3. The summed E-state index contributed by atoms with van der Waals surface area (Å²) in [5.41, 5.74) is 4.43. The lowest BCUT2D eigenvalue weighted by atomic mass is 10.00. The molecule has 1 aromatic carbocycles. The van der Waals surface area contributed by atoms with E-state index < -0.39 is 11.8 Å². The molecule has 2 N–H and O–H groups in total. The van der Waals surface area contributed by atoms with Crippen molar-refractivity contribution in [1.29, 1.82) is 0 Å². The summed E-state index contributed by atoms with van der Waals surface area (Å²) in [6, 6.07) is 9.37. The highest BCUT2D eigenvalue weighted by molar-refractivity contribution is 6.35. The minimum Gasteiger partial charge on any atom is -0.341 e. The van der Waals surface area contributed by atoms with Crippen LogP contribution in [0, 0.1) is 0 Å². The second-order valence-electron chi connectivity index (χ2n) is 7.41. The van der Waals surface area contributed by atoms with E-state index >= 15 is 0 Å². The fourth-order valence-electron chi connectivity index (χ4n) is 3.40. The van der Waals surface area contributed by atoms with Crippen molar-refractivity contribution in [2.75, 3.05) is 0 Å².